The van der Waals surface area contributed by atoms with Crippen molar-refractivity contribution in [1.82, 2.24) is 4.90 Å². The molecule has 1 saturated heterocycles. The predicted molar refractivity (Wildman–Crippen MR) is 108 cm³/mol. The highest BCUT2D eigenvalue weighted by molar-refractivity contribution is 5.98. The molecule has 1 amide bonds. The highest BCUT2D eigenvalue weighted by Crippen LogP contribution is 2.20. The van der Waals surface area contributed by atoms with Crippen LogP contribution in [-0.2, 0) is 19.1 Å². The van der Waals surface area contributed by atoms with Gasteiger partial charge < -0.3 is 14.4 Å². The van der Waals surface area contributed by atoms with E-state index in [1.165, 1.54) is 0 Å². The van der Waals surface area contributed by atoms with Crippen molar-refractivity contribution in [3.05, 3.63) is 60.2 Å². The first-order chi connectivity index (χ1) is 14.0. The minimum absolute atomic E-state index is 0.0436. The van der Waals surface area contributed by atoms with Gasteiger partial charge in [-0.15, -0.1) is 0 Å². The van der Waals surface area contributed by atoms with E-state index in [-0.39, 0.29) is 24.5 Å². The van der Waals surface area contributed by atoms with E-state index in [2.05, 4.69) is 0 Å². The summed E-state index contributed by atoms with van der Waals surface area (Å²) in [4.78, 5) is 38.3. The van der Waals surface area contributed by atoms with E-state index in [9.17, 15) is 14.4 Å². The van der Waals surface area contributed by atoms with Crippen LogP contribution < -0.4 is 0 Å². The van der Waals surface area contributed by atoms with Crippen molar-refractivity contribution in [2.24, 2.45) is 0 Å². The summed E-state index contributed by atoms with van der Waals surface area (Å²) >= 11 is 0. The van der Waals surface area contributed by atoms with Gasteiger partial charge in [0, 0.05) is 25.1 Å². The first kappa shape index (κ1) is 20.7. The molecule has 1 aliphatic heterocycles. The summed E-state index contributed by atoms with van der Waals surface area (Å²) in [6.45, 7) is 3.53. The van der Waals surface area contributed by atoms with Gasteiger partial charge in [-0.25, -0.2) is 0 Å². The average molecular weight is 395 g/mol. The number of carbonyl (C=O) groups excluding carboxylic acids is 3. The van der Waals surface area contributed by atoms with Gasteiger partial charge in [0.1, 0.15) is 0 Å². The zero-order valence-electron chi connectivity index (χ0n) is 16.5. The van der Waals surface area contributed by atoms with Crippen molar-refractivity contribution in [2.45, 2.75) is 25.9 Å². The molecule has 0 N–H and O–H groups in total. The highest BCUT2D eigenvalue weighted by atomic mass is 16.5. The summed E-state index contributed by atoms with van der Waals surface area (Å²) in [5.41, 5.74) is 2.65. The lowest BCUT2D eigenvalue weighted by atomic mass is 10.0. The number of carbonyl (C=O) groups is 3. The van der Waals surface area contributed by atoms with E-state index in [0.29, 0.717) is 31.9 Å². The molecule has 2 aromatic rings. The molecule has 1 heterocycles. The van der Waals surface area contributed by atoms with Gasteiger partial charge in [-0.2, -0.15) is 0 Å². The van der Waals surface area contributed by atoms with E-state index in [0.717, 1.165) is 11.1 Å². The van der Waals surface area contributed by atoms with Gasteiger partial charge in [-0.05, 0) is 18.1 Å². The van der Waals surface area contributed by atoms with Crippen LogP contribution in [0.5, 0.6) is 0 Å². The molecule has 6 heteroatoms. The molecular weight excluding hydrogens is 370 g/mol. The normalized spacial score (nSPS) is 14.9. The van der Waals surface area contributed by atoms with Crippen LogP contribution >= 0.6 is 0 Å². The molecule has 0 unspecified atom stereocenters. The third-order valence-electron chi connectivity index (χ3n) is 4.85. The van der Waals surface area contributed by atoms with E-state index in [1.807, 2.05) is 42.5 Å². The number of ketones is 1. The molecule has 3 rings (SSSR count). The molecule has 29 heavy (non-hydrogen) atoms. The fourth-order valence-corrected chi connectivity index (χ4v) is 3.19. The number of amides is 1. The molecule has 0 aliphatic carbocycles. The maximum atomic E-state index is 12.4. The van der Waals surface area contributed by atoms with Crippen molar-refractivity contribution in [1.29, 1.82) is 0 Å². The Morgan fingerprint density at radius 2 is 1.55 bits per heavy atom. The Kier molecular flexibility index (Phi) is 7.14. The number of esters is 1. The van der Waals surface area contributed by atoms with Crippen LogP contribution in [0.4, 0.5) is 0 Å². The van der Waals surface area contributed by atoms with Crippen molar-refractivity contribution in [2.75, 3.05) is 26.3 Å². The number of nitrogens with zero attached hydrogens (tertiary/aromatic N) is 1. The Hall–Kier alpha value is -2.99. The largest absolute Gasteiger partial charge is 0.453 e. The van der Waals surface area contributed by atoms with Crippen LogP contribution in [0.15, 0.2) is 54.6 Å². The molecule has 0 radical (unpaired) electrons. The van der Waals surface area contributed by atoms with E-state index >= 15 is 0 Å². The maximum absolute atomic E-state index is 12.4. The molecule has 0 saturated carbocycles. The average Bonchev–Trinajstić information content (AvgIpc) is 2.78. The van der Waals surface area contributed by atoms with Crippen LogP contribution in [0.25, 0.3) is 11.1 Å². The van der Waals surface area contributed by atoms with Crippen LogP contribution in [0.2, 0.25) is 0 Å². The third-order valence-corrected chi connectivity index (χ3v) is 4.85. The summed E-state index contributed by atoms with van der Waals surface area (Å²) < 4.78 is 10.4. The lowest BCUT2D eigenvalue weighted by molar-refractivity contribution is -0.160. The second kappa shape index (κ2) is 9.98. The van der Waals surface area contributed by atoms with E-state index in [4.69, 9.17) is 9.47 Å². The van der Waals surface area contributed by atoms with Gasteiger partial charge in [0.15, 0.2) is 11.9 Å². The molecule has 1 fully saturated rings. The fraction of sp³-hybridized carbons (Fsp3) is 0.348. The second-order valence-electron chi connectivity index (χ2n) is 6.94. The van der Waals surface area contributed by atoms with Gasteiger partial charge >= 0.3 is 5.97 Å². The molecule has 0 spiro atoms. The highest BCUT2D eigenvalue weighted by Gasteiger charge is 2.25. The van der Waals surface area contributed by atoms with Crippen LogP contribution in [0, 0.1) is 0 Å². The van der Waals surface area contributed by atoms with Crippen LogP contribution in [0.1, 0.15) is 30.1 Å². The number of ether oxygens (including phenoxy) is 2. The fourth-order valence-electron chi connectivity index (χ4n) is 3.19. The standard InChI is InChI=1S/C23H25NO5/c1-17(23(27)24-13-15-28-16-14-24)29-22(26)12-11-21(25)20-9-7-19(8-10-20)18-5-3-2-4-6-18/h2-10,17H,11-16H2,1H3/t17-/m0/s1. The van der Waals surface area contributed by atoms with Gasteiger partial charge in [0.2, 0.25) is 0 Å². The molecule has 0 bridgehead atoms. The Morgan fingerprint density at radius 3 is 2.21 bits per heavy atom. The summed E-state index contributed by atoms with van der Waals surface area (Å²) in [7, 11) is 0. The molecule has 152 valence electrons. The Bertz CT molecular complexity index is 841. The van der Waals surface area contributed by atoms with E-state index < -0.39 is 12.1 Å². The zero-order chi connectivity index (χ0) is 20.6. The Labute approximate surface area is 170 Å². The smallest absolute Gasteiger partial charge is 0.307 e. The minimum atomic E-state index is -0.860. The summed E-state index contributed by atoms with van der Waals surface area (Å²) in [6.07, 6.45) is -0.872. The SMILES string of the molecule is C[C@H](OC(=O)CCC(=O)c1ccc(-c2ccccc2)cc1)C(=O)N1CCOCC1. The molecule has 2 aromatic carbocycles. The number of benzene rings is 2. The molecule has 1 atom stereocenters. The number of Topliss-reactive ketones (excluding diaryl/α,β-unsaturated/α-hetero) is 1. The second-order valence-corrected chi connectivity index (χ2v) is 6.94. The summed E-state index contributed by atoms with van der Waals surface area (Å²) in [5, 5.41) is 0. The topological polar surface area (TPSA) is 72.9 Å². The van der Waals surface area contributed by atoms with Crippen molar-refractivity contribution < 1.29 is 23.9 Å². The predicted octanol–water partition coefficient (Wildman–Crippen LogP) is 3.11. The quantitative estimate of drug-likeness (QED) is 0.532. The summed E-state index contributed by atoms with van der Waals surface area (Å²) in [6, 6.07) is 17.2. The van der Waals surface area contributed by atoms with Crippen molar-refractivity contribution in [3.63, 3.8) is 0 Å². The molecule has 0 aromatic heterocycles. The first-order valence-corrected chi connectivity index (χ1v) is 9.79. The number of hydrogen-bond donors (Lipinski definition) is 0. The van der Waals surface area contributed by atoms with Crippen LogP contribution in [0.3, 0.4) is 0 Å². The third kappa shape index (κ3) is 5.74. The molecule has 1 aliphatic rings. The Morgan fingerprint density at radius 1 is 0.931 bits per heavy atom. The first-order valence-electron chi connectivity index (χ1n) is 9.79. The minimum Gasteiger partial charge on any atom is -0.453 e. The van der Waals surface area contributed by atoms with Crippen molar-refractivity contribution >= 4 is 17.7 Å². The molecule has 6 nitrogen and oxygen atoms in total. The molecular formula is C23H25NO5. The van der Waals surface area contributed by atoms with Gasteiger partial charge in [0.05, 0.1) is 19.6 Å². The monoisotopic (exact) mass is 395 g/mol. The number of hydrogen-bond acceptors (Lipinski definition) is 5. The van der Waals surface area contributed by atoms with Crippen LogP contribution in [-0.4, -0.2) is 55.0 Å². The van der Waals surface area contributed by atoms with Crippen molar-refractivity contribution in [3.8, 4) is 11.1 Å². The van der Waals surface area contributed by atoms with E-state index in [1.54, 1.807) is 24.0 Å². The Balaban J connectivity index is 1.47. The van der Waals surface area contributed by atoms with Gasteiger partial charge in [-0.1, -0.05) is 54.6 Å². The maximum Gasteiger partial charge on any atom is 0.307 e. The number of rotatable bonds is 7. The lowest BCUT2D eigenvalue weighted by Crippen LogP contribution is -2.46. The lowest BCUT2D eigenvalue weighted by Gasteiger charge is -2.28. The van der Waals surface area contributed by atoms with Gasteiger partial charge in [0.25, 0.3) is 5.91 Å². The number of morpholine rings is 1. The zero-order valence-corrected chi connectivity index (χ0v) is 16.5. The van der Waals surface area contributed by atoms with Gasteiger partial charge in [-0.3, -0.25) is 14.4 Å². The summed E-state index contributed by atoms with van der Waals surface area (Å²) in [5.74, 6) is -0.911.